The Morgan fingerprint density at radius 3 is 2.71 bits per heavy atom. The number of carbonyl (C=O) groups is 1. The number of carboxylic acids is 1. The van der Waals surface area contributed by atoms with Crippen LogP contribution in [0.1, 0.15) is 19.3 Å². The molecule has 1 spiro atoms. The molecule has 12 heteroatoms. The molecule has 0 saturated carbocycles. The van der Waals surface area contributed by atoms with Crippen molar-refractivity contribution in [1.82, 2.24) is 14.9 Å². The molecule has 0 amide bonds. The molecule has 0 radical (unpaired) electrons. The number of anilines is 1. The lowest BCUT2D eigenvalue weighted by Gasteiger charge is -2.53. The number of halogens is 3. The lowest BCUT2D eigenvalue weighted by Crippen LogP contribution is -2.68. The van der Waals surface area contributed by atoms with E-state index in [2.05, 4.69) is 39.2 Å². The van der Waals surface area contributed by atoms with Crippen LogP contribution in [-0.4, -0.2) is 96.0 Å². The second-order valence-corrected chi connectivity index (χ2v) is 9.82. The van der Waals surface area contributed by atoms with Crippen LogP contribution in [0, 0.1) is 0 Å². The number of hydrogen-bond acceptors (Lipinski definition) is 8. The molecule has 0 unspecified atom stereocenters. The fourth-order valence-corrected chi connectivity index (χ4v) is 5.47. The summed E-state index contributed by atoms with van der Waals surface area (Å²) in [5.74, 6) is -1.74. The Kier molecular flexibility index (Phi) is 8.04. The van der Waals surface area contributed by atoms with Gasteiger partial charge in [0.05, 0.1) is 37.5 Å². The summed E-state index contributed by atoms with van der Waals surface area (Å²) in [5, 5.41) is 8.25. The number of ether oxygens (including phenoxy) is 2. The van der Waals surface area contributed by atoms with E-state index in [-0.39, 0.29) is 5.54 Å². The van der Waals surface area contributed by atoms with Gasteiger partial charge in [-0.2, -0.15) is 13.2 Å². The Labute approximate surface area is 205 Å². The summed E-state index contributed by atoms with van der Waals surface area (Å²) < 4.78 is 44.0. The quantitative estimate of drug-likeness (QED) is 0.606. The molecule has 1 aromatic heterocycles. The van der Waals surface area contributed by atoms with E-state index < -0.39 is 12.1 Å². The summed E-state index contributed by atoms with van der Waals surface area (Å²) in [6.45, 7) is 5.92. The molecule has 0 bridgehead atoms. The number of nitrogens with zero attached hydrogens (tertiary/aromatic N) is 4. The van der Waals surface area contributed by atoms with Crippen LogP contribution in [0.25, 0.3) is 10.9 Å². The minimum atomic E-state index is -5.08. The van der Waals surface area contributed by atoms with Gasteiger partial charge in [0.25, 0.3) is 0 Å². The Balaban J connectivity index is 0.000000364. The summed E-state index contributed by atoms with van der Waals surface area (Å²) >= 11 is 1.75. The van der Waals surface area contributed by atoms with E-state index >= 15 is 0 Å². The van der Waals surface area contributed by atoms with E-state index in [1.165, 1.54) is 24.2 Å². The molecule has 4 heterocycles. The molecule has 2 atom stereocenters. The van der Waals surface area contributed by atoms with E-state index in [0.29, 0.717) is 12.6 Å². The lowest BCUT2D eigenvalue weighted by molar-refractivity contribution is -0.192. The first-order chi connectivity index (χ1) is 16.7. The summed E-state index contributed by atoms with van der Waals surface area (Å²) in [4.78, 5) is 24.4. The fourth-order valence-electron chi connectivity index (χ4n) is 5.03. The van der Waals surface area contributed by atoms with Crippen molar-refractivity contribution in [3.8, 4) is 0 Å². The zero-order valence-corrected chi connectivity index (χ0v) is 20.3. The maximum Gasteiger partial charge on any atom is 0.490 e. The van der Waals surface area contributed by atoms with Crippen LogP contribution in [0.4, 0.5) is 19.0 Å². The van der Waals surface area contributed by atoms with Crippen LogP contribution in [0.5, 0.6) is 0 Å². The first kappa shape index (κ1) is 25.9. The molecule has 2 aromatic rings. The predicted molar refractivity (Wildman–Crippen MR) is 126 cm³/mol. The summed E-state index contributed by atoms with van der Waals surface area (Å²) in [7, 11) is 0. The number of thioether (sulfide) groups is 1. The highest BCUT2D eigenvalue weighted by atomic mass is 32.2. The second-order valence-electron chi connectivity index (χ2n) is 8.94. The molecule has 0 aliphatic carbocycles. The SMILES string of the molecule is CSc1ccc2ncnc(N3CCOC[C@]4(COC[C@H]5CCCCN54)C3)c2c1.O=C(O)C(F)(F)F. The molecule has 1 aromatic carbocycles. The van der Waals surface area contributed by atoms with E-state index in [1.807, 2.05) is 0 Å². The first-order valence-electron chi connectivity index (χ1n) is 11.5. The number of aliphatic carboxylic acids is 1. The van der Waals surface area contributed by atoms with Crippen molar-refractivity contribution >= 4 is 34.5 Å². The van der Waals surface area contributed by atoms with E-state index in [1.54, 1.807) is 18.1 Å². The summed E-state index contributed by atoms with van der Waals surface area (Å²) in [6.07, 6.45) is 2.52. The number of fused-ring (bicyclic) bond motifs is 3. The molecule has 8 nitrogen and oxygen atoms in total. The molecule has 3 saturated heterocycles. The molecule has 3 aliphatic rings. The van der Waals surface area contributed by atoms with Crippen molar-refractivity contribution < 1.29 is 32.5 Å². The van der Waals surface area contributed by atoms with Crippen LogP contribution in [-0.2, 0) is 14.3 Å². The minimum absolute atomic E-state index is 0.0891. The molecule has 192 valence electrons. The Bertz CT molecular complexity index is 1040. The molecule has 3 aliphatic heterocycles. The lowest BCUT2D eigenvalue weighted by atomic mass is 9.89. The van der Waals surface area contributed by atoms with Crippen LogP contribution >= 0.6 is 11.8 Å². The van der Waals surface area contributed by atoms with Crippen molar-refractivity contribution in [2.75, 3.05) is 57.2 Å². The number of benzene rings is 1. The maximum atomic E-state index is 10.6. The average molecular weight is 515 g/mol. The van der Waals surface area contributed by atoms with Crippen LogP contribution in [0.15, 0.2) is 29.4 Å². The highest BCUT2D eigenvalue weighted by Gasteiger charge is 2.47. The normalized spacial score (nSPS) is 25.5. The third kappa shape index (κ3) is 5.82. The topological polar surface area (TPSA) is 88.0 Å². The van der Waals surface area contributed by atoms with Gasteiger partial charge in [0.2, 0.25) is 0 Å². The number of aromatic nitrogens is 2. The largest absolute Gasteiger partial charge is 0.490 e. The molecule has 1 N–H and O–H groups in total. The Hall–Kier alpha value is -2.15. The monoisotopic (exact) mass is 514 g/mol. The zero-order chi connectivity index (χ0) is 25.1. The van der Waals surface area contributed by atoms with Gasteiger partial charge in [-0.15, -0.1) is 11.8 Å². The Morgan fingerprint density at radius 2 is 1.97 bits per heavy atom. The average Bonchev–Trinajstić information content (AvgIpc) is 3.06. The van der Waals surface area contributed by atoms with Gasteiger partial charge in [0.1, 0.15) is 12.1 Å². The van der Waals surface area contributed by atoms with Crippen molar-refractivity contribution in [3.63, 3.8) is 0 Å². The standard InChI is InChI=1S/C21H28N4O2S.C2HF3O2/c1-28-17-5-6-19-18(10-17)20(23-15-22-19)24-8-9-26-13-21(12-24)14-27-11-16-4-2-3-7-25(16)21;3-2(4,5)1(6)7/h5-6,10,15-16H,2-4,7-9,11-14H2,1H3;(H,6,7)/t16-,21+;/m1./s1. The fraction of sp³-hybridized carbons (Fsp3) is 0.609. The summed E-state index contributed by atoms with van der Waals surface area (Å²) in [5.41, 5.74) is 0.909. The zero-order valence-electron chi connectivity index (χ0n) is 19.5. The molecular weight excluding hydrogens is 485 g/mol. The molecular formula is C23H29F3N4O4S. The predicted octanol–water partition coefficient (Wildman–Crippen LogP) is 3.45. The van der Waals surface area contributed by atoms with Crippen molar-refractivity contribution in [2.45, 2.75) is 41.9 Å². The number of piperidine rings is 1. The third-order valence-corrected chi connectivity index (χ3v) is 7.37. The van der Waals surface area contributed by atoms with Crippen molar-refractivity contribution in [3.05, 3.63) is 24.5 Å². The van der Waals surface area contributed by atoms with Crippen molar-refractivity contribution in [2.24, 2.45) is 0 Å². The third-order valence-electron chi connectivity index (χ3n) is 6.64. The van der Waals surface area contributed by atoms with Gasteiger partial charge in [-0.1, -0.05) is 6.42 Å². The smallest absolute Gasteiger partial charge is 0.475 e. The molecule has 35 heavy (non-hydrogen) atoms. The van der Waals surface area contributed by atoms with E-state index in [0.717, 1.165) is 56.2 Å². The van der Waals surface area contributed by atoms with Crippen molar-refractivity contribution in [1.29, 1.82) is 0 Å². The maximum absolute atomic E-state index is 10.6. The number of rotatable bonds is 2. The summed E-state index contributed by atoms with van der Waals surface area (Å²) in [6, 6.07) is 6.97. The van der Waals surface area contributed by atoms with Gasteiger partial charge >= 0.3 is 12.1 Å². The molecule has 5 rings (SSSR count). The first-order valence-corrected chi connectivity index (χ1v) is 12.7. The number of morpholine rings is 1. The highest BCUT2D eigenvalue weighted by molar-refractivity contribution is 7.98. The molecule has 3 fully saturated rings. The van der Waals surface area contributed by atoms with Gasteiger partial charge in [0, 0.05) is 29.4 Å². The van der Waals surface area contributed by atoms with Gasteiger partial charge in [-0.05, 0) is 43.8 Å². The van der Waals surface area contributed by atoms with E-state index in [4.69, 9.17) is 24.4 Å². The van der Waals surface area contributed by atoms with Gasteiger partial charge in [-0.3, -0.25) is 4.90 Å². The number of hydrogen-bond donors (Lipinski definition) is 1. The highest BCUT2D eigenvalue weighted by Crippen LogP contribution is 2.35. The van der Waals surface area contributed by atoms with Crippen LogP contribution in [0.3, 0.4) is 0 Å². The van der Waals surface area contributed by atoms with Crippen LogP contribution < -0.4 is 4.90 Å². The number of carboxylic acid groups (broad SMARTS) is 1. The van der Waals surface area contributed by atoms with Gasteiger partial charge in [0.15, 0.2) is 0 Å². The van der Waals surface area contributed by atoms with Crippen LogP contribution in [0.2, 0.25) is 0 Å². The Morgan fingerprint density at radius 1 is 1.20 bits per heavy atom. The van der Waals surface area contributed by atoms with Gasteiger partial charge in [-0.25, -0.2) is 14.8 Å². The van der Waals surface area contributed by atoms with E-state index in [9.17, 15) is 13.2 Å². The number of alkyl halides is 3. The second kappa shape index (κ2) is 10.9. The van der Waals surface area contributed by atoms with Gasteiger partial charge < -0.3 is 19.5 Å². The minimum Gasteiger partial charge on any atom is -0.475 e.